The fourth-order valence-electron chi connectivity index (χ4n) is 1.11. The van der Waals surface area contributed by atoms with Crippen molar-refractivity contribution in [2.45, 2.75) is 12.8 Å². The predicted molar refractivity (Wildman–Crippen MR) is 58.6 cm³/mol. The van der Waals surface area contributed by atoms with Crippen LogP contribution in [0.5, 0.6) is 0 Å². The van der Waals surface area contributed by atoms with Crippen LogP contribution in [-0.4, -0.2) is 12.1 Å². The first-order chi connectivity index (χ1) is 6.15. The van der Waals surface area contributed by atoms with Crippen LogP contribution in [0.2, 0.25) is 0 Å². The van der Waals surface area contributed by atoms with Gasteiger partial charge >= 0.3 is 0 Å². The van der Waals surface area contributed by atoms with E-state index < -0.39 is 5.92 Å². The molecule has 0 bridgehead atoms. The minimum atomic E-state index is -0.602. The summed E-state index contributed by atoms with van der Waals surface area (Å²) in [6.07, 6.45) is 0.688. The number of hydrogen-bond donors (Lipinski definition) is 0. The van der Waals surface area contributed by atoms with Crippen molar-refractivity contribution >= 4 is 34.7 Å². The minimum absolute atomic E-state index is 0.114. The third-order valence-corrected chi connectivity index (χ3v) is 2.45. The SMILES string of the molecule is CC(=O)C(C=O)c1cccc(I)c1. The number of aldehydes is 1. The van der Waals surface area contributed by atoms with E-state index in [0.717, 1.165) is 9.13 Å². The van der Waals surface area contributed by atoms with Gasteiger partial charge in [-0.25, -0.2) is 0 Å². The molecule has 0 fully saturated rings. The topological polar surface area (TPSA) is 34.1 Å². The van der Waals surface area contributed by atoms with Gasteiger partial charge in [-0.1, -0.05) is 12.1 Å². The molecule has 0 heterocycles. The van der Waals surface area contributed by atoms with E-state index in [1.807, 2.05) is 18.2 Å². The van der Waals surface area contributed by atoms with E-state index in [1.54, 1.807) is 6.07 Å². The molecule has 0 saturated heterocycles. The summed E-state index contributed by atoms with van der Waals surface area (Å²) in [4.78, 5) is 21.7. The number of halogens is 1. The van der Waals surface area contributed by atoms with E-state index in [-0.39, 0.29) is 5.78 Å². The summed E-state index contributed by atoms with van der Waals surface area (Å²) in [5.41, 5.74) is 0.773. The second-order valence-electron chi connectivity index (χ2n) is 2.78. The Morgan fingerprint density at radius 2 is 2.23 bits per heavy atom. The zero-order valence-electron chi connectivity index (χ0n) is 7.16. The normalized spacial score (nSPS) is 12.2. The van der Waals surface area contributed by atoms with Gasteiger partial charge in [0.15, 0.2) is 0 Å². The number of Topliss-reactive ketones (excluding diaryl/α,β-unsaturated/α-hetero) is 1. The maximum atomic E-state index is 11.1. The van der Waals surface area contributed by atoms with Crippen LogP contribution in [0.15, 0.2) is 24.3 Å². The minimum Gasteiger partial charge on any atom is -0.302 e. The standard InChI is InChI=1S/C10H9IO2/c1-7(13)10(6-12)8-3-2-4-9(11)5-8/h2-6,10H,1H3. The van der Waals surface area contributed by atoms with Gasteiger partial charge in [-0.05, 0) is 47.2 Å². The molecule has 0 aliphatic rings. The van der Waals surface area contributed by atoms with E-state index in [0.29, 0.717) is 6.29 Å². The third kappa shape index (κ3) is 2.62. The smallest absolute Gasteiger partial charge is 0.144 e. The molecule has 0 radical (unpaired) electrons. The number of hydrogen-bond acceptors (Lipinski definition) is 2. The Labute approximate surface area is 90.5 Å². The molecule has 0 N–H and O–H groups in total. The van der Waals surface area contributed by atoms with Gasteiger partial charge in [0.1, 0.15) is 12.1 Å². The van der Waals surface area contributed by atoms with Gasteiger partial charge in [-0.3, -0.25) is 4.79 Å². The molecule has 0 amide bonds. The Kier molecular flexibility index (Phi) is 3.59. The molecule has 68 valence electrons. The Bertz CT molecular complexity index is 333. The predicted octanol–water partition coefficient (Wildman–Crippen LogP) is 2.16. The average molecular weight is 288 g/mol. The molecule has 0 spiro atoms. The van der Waals surface area contributed by atoms with Gasteiger partial charge in [0, 0.05) is 3.57 Å². The van der Waals surface area contributed by atoms with Crippen LogP contribution >= 0.6 is 22.6 Å². The zero-order chi connectivity index (χ0) is 9.84. The van der Waals surface area contributed by atoms with Crippen LogP contribution in [0.4, 0.5) is 0 Å². The summed E-state index contributed by atoms with van der Waals surface area (Å²) in [7, 11) is 0. The van der Waals surface area contributed by atoms with E-state index in [4.69, 9.17) is 0 Å². The van der Waals surface area contributed by atoms with Gasteiger partial charge in [0.05, 0.1) is 5.92 Å². The quantitative estimate of drug-likeness (QED) is 0.485. The van der Waals surface area contributed by atoms with Crippen molar-refractivity contribution in [2.24, 2.45) is 0 Å². The van der Waals surface area contributed by atoms with Crippen molar-refractivity contribution in [1.29, 1.82) is 0 Å². The fraction of sp³-hybridized carbons (Fsp3) is 0.200. The van der Waals surface area contributed by atoms with E-state index in [2.05, 4.69) is 22.6 Å². The Morgan fingerprint density at radius 1 is 1.54 bits per heavy atom. The molecule has 0 aromatic heterocycles. The first-order valence-corrected chi connectivity index (χ1v) is 4.94. The first-order valence-electron chi connectivity index (χ1n) is 3.86. The van der Waals surface area contributed by atoms with Gasteiger partial charge in [-0.15, -0.1) is 0 Å². The van der Waals surface area contributed by atoms with E-state index in [9.17, 15) is 9.59 Å². The van der Waals surface area contributed by atoms with Crippen molar-refractivity contribution in [3.05, 3.63) is 33.4 Å². The molecule has 1 atom stereocenters. The van der Waals surface area contributed by atoms with Crippen LogP contribution < -0.4 is 0 Å². The van der Waals surface area contributed by atoms with Crippen molar-refractivity contribution in [2.75, 3.05) is 0 Å². The monoisotopic (exact) mass is 288 g/mol. The van der Waals surface area contributed by atoms with Crippen molar-refractivity contribution in [3.63, 3.8) is 0 Å². The molecule has 1 unspecified atom stereocenters. The van der Waals surface area contributed by atoms with Crippen molar-refractivity contribution in [3.8, 4) is 0 Å². The van der Waals surface area contributed by atoms with Crippen LogP contribution in [-0.2, 0) is 9.59 Å². The second kappa shape index (κ2) is 4.50. The molecule has 0 saturated carbocycles. The summed E-state index contributed by atoms with van der Waals surface area (Å²) in [5.74, 6) is -0.716. The number of rotatable bonds is 3. The summed E-state index contributed by atoms with van der Waals surface area (Å²) < 4.78 is 1.03. The number of ketones is 1. The van der Waals surface area contributed by atoms with Crippen molar-refractivity contribution < 1.29 is 9.59 Å². The number of carbonyl (C=O) groups is 2. The second-order valence-corrected chi connectivity index (χ2v) is 4.03. The summed E-state index contributed by atoms with van der Waals surface area (Å²) in [5, 5.41) is 0. The molecule has 0 aliphatic carbocycles. The Balaban J connectivity index is 3.04. The van der Waals surface area contributed by atoms with Gasteiger partial charge < -0.3 is 4.79 Å². The molecule has 13 heavy (non-hydrogen) atoms. The molecule has 1 rings (SSSR count). The van der Waals surface area contributed by atoms with E-state index in [1.165, 1.54) is 6.92 Å². The summed E-state index contributed by atoms with van der Waals surface area (Å²) in [6.45, 7) is 1.43. The molecule has 1 aromatic carbocycles. The Hall–Kier alpha value is -0.710. The molecule has 1 aromatic rings. The average Bonchev–Trinajstić information content (AvgIpc) is 2.04. The lowest BCUT2D eigenvalue weighted by Gasteiger charge is -2.06. The van der Waals surface area contributed by atoms with Gasteiger partial charge in [0.25, 0.3) is 0 Å². The van der Waals surface area contributed by atoms with Crippen LogP contribution in [0.25, 0.3) is 0 Å². The molecule has 0 aliphatic heterocycles. The van der Waals surface area contributed by atoms with Crippen LogP contribution in [0, 0.1) is 3.57 Å². The van der Waals surface area contributed by atoms with Crippen molar-refractivity contribution in [1.82, 2.24) is 0 Å². The highest BCUT2D eigenvalue weighted by atomic mass is 127. The lowest BCUT2D eigenvalue weighted by atomic mass is 9.97. The van der Waals surface area contributed by atoms with Gasteiger partial charge in [0.2, 0.25) is 0 Å². The summed E-state index contributed by atoms with van der Waals surface area (Å²) >= 11 is 2.15. The maximum Gasteiger partial charge on any atom is 0.144 e. The Morgan fingerprint density at radius 3 is 2.69 bits per heavy atom. The maximum absolute atomic E-state index is 11.1. The fourth-order valence-corrected chi connectivity index (χ4v) is 1.68. The van der Waals surface area contributed by atoms with E-state index >= 15 is 0 Å². The molecular formula is C10H9IO2. The first kappa shape index (κ1) is 10.4. The zero-order valence-corrected chi connectivity index (χ0v) is 9.32. The van der Waals surface area contributed by atoms with Gasteiger partial charge in [-0.2, -0.15) is 0 Å². The summed E-state index contributed by atoms with van der Waals surface area (Å²) in [6, 6.07) is 7.41. The number of benzene rings is 1. The third-order valence-electron chi connectivity index (χ3n) is 1.78. The lowest BCUT2D eigenvalue weighted by Crippen LogP contribution is -2.09. The highest BCUT2D eigenvalue weighted by Gasteiger charge is 2.14. The lowest BCUT2D eigenvalue weighted by molar-refractivity contribution is -0.122. The molecule has 3 heteroatoms. The largest absolute Gasteiger partial charge is 0.302 e. The van der Waals surface area contributed by atoms with Crippen LogP contribution in [0.1, 0.15) is 18.4 Å². The molecule has 2 nitrogen and oxygen atoms in total. The van der Waals surface area contributed by atoms with Crippen LogP contribution in [0.3, 0.4) is 0 Å². The molecular weight excluding hydrogens is 279 g/mol. The highest BCUT2D eigenvalue weighted by molar-refractivity contribution is 14.1. The number of carbonyl (C=O) groups excluding carboxylic acids is 2. The highest BCUT2D eigenvalue weighted by Crippen LogP contribution is 2.17.